The molecule has 1 aliphatic heterocycles. The Morgan fingerprint density at radius 1 is 1.52 bits per heavy atom. The van der Waals surface area contributed by atoms with E-state index in [1.54, 1.807) is 13.1 Å². The molecule has 1 amide bonds. The van der Waals surface area contributed by atoms with Crippen molar-refractivity contribution in [3.8, 4) is 0 Å². The van der Waals surface area contributed by atoms with Gasteiger partial charge in [0.15, 0.2) is 15.6 Å². The fourth-order valence-electron chi connectivity index (χ4n) is 1.92. The van der Waals surface area contributed by atoms with Gasteiger partial charge in [0.2, 0.25) is 0 Å². The van der Waals surface area contributed by atoms with Crippen molar-refractivity contribution in [3.05, 3.63) is 18.0 Å². The van der Waals surface area contributed by atoms with E-state index in [4.69, 9.17) is 9.47 Å². The van der Waals surface area contributed by atoms with Crippen LogP contribution in [0.1, 0.15) is 19.0 Å². The van der Waals surface area contributed by atoms with E-state index in [0.29, 0.717) is 28.8 Å². The van der Waals surface area contributed by atoms with Crippen molar-refractivity contribution in [1.82, 2.24) is 15.0 Å². The molecule has 1 aliphatic rings. The molecule has 0 aliphatic carbocycles. The molecule has 110 valence electrons. The minimum atomic E-state index is -0.528. The normalized spacial score (nSPS) is 14.8. The van der Waals surface area contributed by atoms with Crippen molar-refractivity contribution >= 4 is 38.6 Å². The second-order valence-electron chi connectivity index (χ2n) is 4.32. The van der Waals surface area contributed by atoms with E-state index in [1.165, 1.54) is 11.3 Å². The predicted octanol–water partition coefficient (Wildman–Crippen LogP) is 2.46. The van der Waals surface area contributed by atoms with E-state index in [2.05, 4.69) is 26.3 Å². The van der Waals surface area contributed by atoms with E-state index in [9.17, 15) is 4.79 Å². The van der Waals surface area contributed by atoms with Crippen molar-refractivity contribution < 1.29 is 14.3 Å². The molecule has 2 aromatic rings. The highest BCUT2D eigenvalue weighted by Gasteiger charge is 2.13. The number of nitrogens with zero attached hydrogens (tertiary/aromatic N) is 3. The molecule has 8 heteroatoms. The Morgan fingerprint density at radius 3 is 3.19 bits per heavy atom. The summed E-state index contributed by atoms with van der Waals surface area (Å²) in [6.07, 6.45) is 4.14. The van der Waals surface area contributed by atoms with Gasteiger partial charge in [-0.1, -0.05) is 17.4 Å². The molecule has 2 aromatic heterocycles. The van der Waals surface area contributed by atoms with E-state index in [-0.39, 0.29) is 0 Å². The number of carbonyl (C=O) groups excluding carboxylic acids is 1. The summed E-state index contributed by atoms with van der Waals surface area (Å²) in [5.41, 5.74) is 2.32. The van der Waals surface area contributed by atoms with Crippen molar-refractivity contribution in [2.24, 2.45) is 0 Å². The molecule has 0 fully saturated rings. The number of rotatable bonds is 3. The van der Waals surface area contributed by atoms with Gasteiger partial charge in [-0.05, 0) is 13.3 Å². The summed E-state index contributed by atoms with van der Waals surface area (Å²) in [5, 5.41) is 2.98. The summed E-state index contributed by atoms with van der Waals surface area (Å²) >= 11 is 1.26. The number of ether oxygens (including phenoxy) is 2. The first-order valence-corrected chi connectivity index (χ1v) is 7.42. The zero-order valence-electron chi connectivity index (χ0n) is 11.5. The molecular formula is C13H14N4O3S. The summed E-state index contributed by atoms with van der Waals surface area (Å²) in [6.45, 7) is 3.35. The largest absolute Gasteiger partial charge is 0.450 e. The standard InChI is InChI=1S/C13H14N4O3S/c1-2-20-13(18)17-12-16-10-11(21-12)15-9(6-14-10)8-4-3-5-19-7-8/h4,6H,2-3,5,7H2,1H3,(H,14,16,17,18). The van der Waals surface area contributed by atoms with Crippen LogP contribution in [-0.4, -0.2) is 40.9 Å². The predicted molar refractivity (Wildman–Crippen MR) is 79.3 cm³/mol. The van der Waals surface area contributed by atoms with Crippen molar-refractivity contribution in [1.29, 1.82) is 0 Å². The number of fused-ring (bicyclic) bond motifs is 1. The molecule has 0 atom stereocenters. The molecule has 1 N–H and O–H groups in total. The molecule has 0 radical (unpaired) electrons. The lowest BCUT2D eigenvalue weighted by molar-refractivity contribution is 0.164. The van der Waals surface area contributed by atoms with Crippen molar-refractivity contribution in [3.63, 3.8) is 0 Å². The van der Waals surface area contributed by atoms with Gasteiger partial charge >= 0.3 is 6.09 Å². The quantitative estimate of drug-likeness (QED) is 0.937. The Morgan fingerprint density at radius 2 is 2.43 bits per heavy atom. The minimum Gasteiger partial charge on any atom is -0.450 e. The first kappa shape index (κ1) is 13.9. The second kappa shape index (κ2) is 6.15. The van der Waals surface area contributed by atoms with E-state index in [0.717, 1.165) is 24.3 Å². The van der Waals surface area contributed by atoms with Crippen molar-refractivity contribution in [2.75, 3.05) is 25.1 Å². The number of hydrogen-bond acceptors (Lipinski definition) is 7. The van der Waals surface area contributed by atoms with Crippen LogP contribution in [0.25, 0.3) is 16.1 Å². The van der Waals surface area contributed by atoms with Crippen LogP contribution in [-0.2, 0) is 9.47 Å². The zero-order valence-corrected chi connectivity index (χ0v) is 12.3. The van der Waals surface area contributed by atoms with Crippen LogP contribution in [0, 0.1) is 0 Å². The van der Waals surface area contributed by atoms with Crippen LogP contribution in [0.5, 0.6) is 0 Å². The minimum absolute atomic E-state index is 0.311. The average Bonchev–Trinajstić information content (AvgIpc) is 2.89. The van der Waals surface area contributed by atoms with Gasteiger partial charge in [0.05, 0.1) is 31.7 Å². The lowest BCUT2D eigenvalue weighted by Crippen LogP contribution is -2.12. The van der Waals surface area contributed by atoms with Gasteiger partial charge in [0, 0.05) is 5.57 Å². The number of nitrogens with one attached hydrogen (secondary N) is 1. The average molecular weight is 306 g/mol. The van der Waals surface area contributed by atoms with Gasteiger partial charge in [-0.15, -0.1) is 0 Å². The Balaban J connectivity index is 1.84. The molecule has 0 unspecified atom stereocenters. The lowest BCUT2D eigenvalue weighted by atomic mass is 10.1. The zero-order chi connectivity index (χ0) is 14.7. The maximum absolute atomic E-state index is 11.4. The molecule has 3 heterocycles. The van der Waals surface area contributed by atoms with Crippen LogP contribution < -0.4 is 5.32 Å². The Kier molecular flexibility index (Phi) is 4.07. The Bertz CT molecular complexity index is 698. The summed E-state index contributed by atoms with van der Waals surface area (Å²) in [5.74, 6) is 0. The Labute approximate surface area is 125 Å². The van der Waals surface area contributed by atoms with E-state index >= 15 is 0 Å². The monoisotopic (exact) mass is 306 g/mol. The first-order chi connectivity index (χ1) is 10.3. The first-order valence-electron chi connectivity index (χ1n) is 6.61. The smallest absolute Gasteiger partial charge is 0.413 e. The summed E-state index contributed by atoms with van der Waals surface area (Å²) in [4.78, 5) is 25.1. The van der Waals surface area contributed by atoms with Crippen LogP contribution >= 0.6 is 11.3 Å². The number of hydrogen-bond donors (Lipinski definition) is 1. The molecule has 0 saturated heterocycles. The van der Waals surface area contributed by atoms with Gasteiger partial charge in [0.1, 0.15) is 0 Å². The van der Waals surface area contributed by atoms with Gasteiger partial charge in [0.25, 0.3) is 0 Å². The summed E-state index contributed by atoms with van der Waals surface area (Å²) in [7, 11) is 0. The molecule has 0 bridgehead atoms. The maximum atomic E-state index is 11.4. The van der Waals surface area contributed by atoms with Gasteiger partial charge in [-0.25, -0.2) is 14.8 Å². The van der Waals surface area contributed by atoms with Gasteiger partial charge < -0.3 is 9.47 Å². The number of thiazole rings is 1. The highest BCUT2D eigenvalue weighted by atomic mass is 32.1. The SMILES string of the molecule is CCOC(=O)Nc1nc2ncc(C3=CCCOC3)nc2s1. The highest BCUT2D eigenvalue weighted by Crippen LogP contribution is 2.25. The van der Waals surface area contributed by atoms with Crippen LogP contribution in [0.15, 0.2) is 12.3 Å². The van der Waals surface area contributed by atoms with Crippen molar-refractivity contribution in [2.45, 2.75) is 13.3 Å². The van der Waals surface area contributed by atoms with Crippen LogP contribution in [0.4, 0.5) is 9.93 Å². The molecule has 21 heavy (non-hydrogen) atoms. The number of amides is 1. The third kappa shape index (κ3) is 3.17. The lowest BCUT2D eigenvalue weighted by Gasteiger charge is -2.12. The third-order valence-corrected chi connectivity index (χ3v) is 3.70. The van der Waals surface area contributed by atoms with Crippen LogP contribution in [0.3, 0.4) is 0 Å². The Hall–Kier alpha value is -2.06. The van der Waals surface area contributed by atoms with E-state index < -0.39 is 6.09 Å². The maximum Gasteiger partial charge on any atom is 0.413 e. The molecular weight excluding hydrogens is 292 g/mol. The molecule has 3 rings (SSSR count). The topological polar surface area (TPSA) is 86.2 Å². The fourth-order valence-corrected chi connectivity index (χ4v) is 2.70. The summed E-state index contributed by atoms with van der Waals surface area (Å²) in [6, 6.07) is 0. The van der Waals surface area contributed by atoms with Gasteiger partial charge in [-0.2, -0.15) is 4.98 Å². The second-order valence-corrected chi connectivity index (χ2v) is 5.30. The molecule has 0 saturated carbocycles. The molecule has 7 nitrogen and oxygen atoms in total. The number of aromatic nitrogens is 3. The van der Waals surface area contributed by atoms with Gasteiger partial charge in [-0.3, -0.25) is 5.32 Å². The third-order valence-electron chi connectivity index (χ3n) is 2.85. The highest BCUT2D eigenvalue weighted by molar-refractivity contribution is 7.21. The summed E-state index contributed by atoms with van der Waals surface area (Å²) < 4.78 is 10.2. The fraction of sp³-hybridized carbons (Fsp3) is 0.385. The number of carbonyl (C=O) groups is 1. The van der Waals surface area contributed by atoms with Crippen LogP contribution in [0.2, 0.25) is 0 Å². The number of anilines is 1. The van der Waals surface area contributed by atoms with E-state index in [1.807, 2.05) is 0 Å². The molecule has 0 spiro atoms. The molecule has 0 aromatic carbocycles.